The van der Waals surface area contributed by atoms with Crippen LogP contribution in [0.25, 0.3) is 22.3 Å². The maximum absolute atomic E-state index is 12.7. The van der Waals surface area contributed by atoms with E-state index < -0.39 is 0 Å². The molecule has 1 fully saturated rings. The number of aromatic amines is 1. The van der Waals surface area contributed by atoms with Crippen molar-refractivity contribution in [3.63, 3.8) is 0 Å². The maximum atomic E-state index is 12.7. The molecular formula is C18H19N5O. The molecule has 4 rings (SSSR count). The van der Waals surface area contributed by atoms with E-state index in [0.29, 0.717) is 17.0 Å². The van der Waals surface area contributed by atoms with Crippen LogP contribution in [0.15, 0.2) is 41.5 Å². The summed E-state index contributed by atoms with van der Waals surface area (Å²) in [5.41, 5.74) is 1.81. The third-order valence-electron chi connectivity index (χ3n) is 4.62. The third-order valence-corrected chi connectivity index (χ3v) is 4.62. The monoisotopic (exact) mass is 321 g/mol. The number of aromatic nitrogens is 4. The summed E-state index contributed by atoms with van der Waals surface area (Å²) < 4.78 is 0. The highest BCUT2D eigenvalue weighted by atomic mass is 16.1. The first-order valence-corrected chi connectivity index (χ1v) is 8.28. The lowest BCUT2D eigenvalue weighted by Gasteiger charge is -2.30. The lowest BCUT2D eigenvalue weighted by Crippen LogP contribution is -2.35. The maximum Gasteiger partial charge on any atom is 0.262 e. The first-order valence-electron chi connectivity index (χ1n) is 8.28. The fraction of sp³-hybridized carbons (Fsp3) is 0.333. The van der Waals surface area contributed by atoms with Gasteiger partial charge in [-0.05, 0) is 37.0 Å². The normalized spacial score (nSPS) is 15.8. The van der Waals surface area contributed by atoms with E-state index in [0.717, 1.165) is 43.1 Å². The van der Waals surface area contributed by atoms with Crippen molar-refractivity contribution in [1.82, 2.24) is 19.9 Å². The van der Waals surface area contributed by atoms with Gasteiger partial charge in [-0.1, -0.05) is 13.0 Å². The van der Waals surface area contributed by atoms with Gasteiger partial charge in [0.1, 0.15) is 0 Å². The van der Waals surface area contributed by atoms with Crippen LogP contribution in [0.5, 0.6) is 0 Å². The fourth-order valence-corrected chi connectivity index (χ4v) is 3.16. The number of H-pyrrole nitrogens is 1. The van der Waals surface area contributed by atoms with Crippen LogP contribution in [0.4, 0.5) is 5.95 Å². The fourth-order valence-electron chi connectivity index (χ4n) is 3.16. The van der Waals surface area contributed by atoms with Gasteiger partial charge < -0.3 is 4.90 Å². The molecule has 122 valence electrons. The molecular weight excluding hydrogens is 302 g/mol. The second kappa shape index (κ2) is 6.03. The van der Waals surface area contributed by atoms with Gasteiger partial charge in [0.15, 0.2) is 5.65 Å². The van der Waals surface area contributed by atoms with Crippen LogP contribution < -0.4 is 10.5 Å². The first-order chi connectivity index (χ1) is 11.7. The number of hydrogen-bond acceptors (Lipinski definition) is 5. The van der Waals surface area contributed by atoms with Crippen LogP contribution in [0.2, 0.25) is 0 Å². The molecule has 0 saturated carbocycles. The minimum absolute atomic E-state index is 0.164. The lowest BCUT2D eigenvalue weighted by atomic mass is 10.00. The minimum Gasteiger partial charge on any atom is -0.342 e. The molecule has 3 aromatic rings. The summed E-state index contributed by atoms with van der Waals surface area (Å²) in [5.74, 6) is 1.34. The molecule has 4 heterocycles. The van der Waals surface area contributed by atoms with E-state index in [1.54, 1.807) is 12.4 Å². The summed E-state index contributed by atoms with van der Waals surface area (Å²) in [6.45, 7) is 4.08. The van der Waals surface area contributed by atoms with Crippen LogP contribution in [0, 0.1) is 5.92 Å². The average Bonchev–Trinajstić information content (AvgIpc) is 2.62. The Bertz CT molecular complexity index is 914. The Balaban J connectivity index is 1.82. The second-order valence-corrected chi connectivity index (χ2v) is 6.33. The van der Waals surface area contributed by atoms with Crippen molar-refractivity contribution in [2.75, 3.05) is 18.0 Å². The molecule has 1 aliphatic heterocycles. The van der Waals surface area contributed by atoms with Crippen molar-refractivity contribution in [3.8, 4) is 11.3 Å². The molecule has 0 aromatic carbocycles. The molecule has 0 radical (unpaired) electrons. The quantitative estimate of drug-likeness (QED) is 0.785. The Morgan fingerprint density at radius 3 is 2.71 bits per heavy atom. The predicted octanol–water partition coefficient (Wildman–Crippen LogP) is 2.62. The van der Waals surface area contributed by atoms with E-state index in [4.69, 9.17) is 0 Å². The number of nitrogens with one attached hydrogen (secondary N) is 1. The van der Waals surface area contributed by atoms with Gasteiger partial charge in [0.05, 0.1) is 11.1 Å². The number of anilines is 1. The van der Waals surface area contributed by atoms with E-state index in [-0.39, 0.29) is 5.56 Å². The van der Waals surface area contributed by atoms with Crippen LogP contribution in [-0.4, -0.2) is 33.0 Å². The van der Waals surface area contributed by atoms with Crippen molar-refractivity contribution in [3.05, 3.63) is 47.0 Å². The third kappa shape index (κ3) is 2.64. The number of hydrogen-bond donors (Lipinski definition) is 1. The number of piperidine rings is 1. The van der Waals surface area contributed by atoms with E-state index in [9.17, 15) is 4.79 Å². The Hall–Kier alpha value is -2.76. The van der Waals surface area contributed by atoms with Gasteiger partial charge >= 0.3 is 0 Å². The summed E-state index contributed by atoms with van der Waals surface area (Å²) in [5, 5.41) is 0.491. The molecule has 3 aromatic heterocycles. The highest BCUT2D eigenvalue weighted by Gasteiger charge is 2.19. The topological polar surface area (TPSA) is 74.8 Å². The zero-order valence-corrected chi connectivity index (χ0v) is 13.6. The first kappa shape index (κ1) is 14.8. The molecule has 6 nitrogen and oxygen atoms in total. The van der Waals surface area contributed by atoms with Gasteiger partial charge in [-0.2, -0.15) is 4.98 Å². The van der Waals surface area contributed by atoms with E-state index in [1.807, 2.05) is 24.3 Å². The molecule has 0 spiro atoms. The standard InChI is InChI=1S/C18H19N5O/c1-12-6-10-23(11-7-12)18-21-16-15(17(24)22-18)13(5-9-20-16)14-4-2-3-8-19-14/h2-5,8-9,12H,6-7,10-11H2,1H3,(H,20,21,22,24). The van der Waals surface area contributed by atoms with Crippen molar-refractivity contribution in [1.29, 1.82) is 0 Å². The minimum atomic E-state index is -0.164. The van der Waals surface area contributed by atoms with Gasteiger partial charge in [-0.25, -0.2) is 4.98 Å². The average molecular weight is 321 g/mol. The Morgan fingerprint density at radius 1 is 1.12 bits per heavy atom. The van der Waals surface area contributed by atoms with Gasteiger partial charge in [-0.3, -0.25) is 14.8 Å². The highest BCUT2D eigenvalue weighted by Crippen LogP contribution is 2.24. The van der Waals surface area contributed by atoms with E-state index >= 15 is 0 Å². The van der Waals surface area contributed by atoms with Crippen molar-refractivity contribution < 1.29 is 0 Å². The Morgan fingerprint density at radius 2 is 1.96 bits per heavy atom. The van der Waals surface area contributed by atoms with Crippen LogP contribution in [0.1, 0.15) is 19.8 Å². The van der Waals surface area contributed by atoms with Crippen molar-refractivity contribution in [2.24, 2.45) is 5.92 Å². The van der Waals surface area contributed by atoms with Crippen LogP contribution in [-0.2, 0) is 0 Å². The molecule has 0 amide bonds. The molecule has 6 heteroatoms. The zero-order valence-electron chi connectivity index (χ0n) is 13.6. The predicted molar refractivity (Wildman–Crippen MR) is 94.0 cm³/mol. The molecule has 0 atom stereocenters. The summed E-state index contributed by atoms with van der Waals surface area (Å²) in [7, 11) is 0. The van der Waals surface area contributed by atoms with E-state index in [1.165, 1.54) is 0 Å². The zero-order chi connectivity index (χ0) is 16.5. The number of rotatable bonds is 2. The van der Waals surface area contributed by atoms with Gasteiger partial charge in [-0.15, -0.1) is 0 Å². The van der Waals surface area contributed by atoms with Crippen molar-refractivity contribution in [2.45, 2.75) is 19.8 Å². The summed E-state index contributed by atoms with van der Waals surface area (Å²) in [4.78, 5) is 31.0. The number of fused-ring (bicyclic) bond motifs is 1. The molecule has 0 unspecified atom stereocenters. The molecule has 24 heavy (non-hydrogen) atoms. The van der Waals surface area contributed by atoms with Crippen LogP contribution in [0.3, 0.4) is 0 Å². The summed E-state index contributed by atoms with van der Waals surface area (Å²) in [6, 6.07) is 7.45. The lowest BCUT2D eigenvalue weighted by molar-refractivity contribution is 0.434. The second-order valence-electron chi connectivity index (χ2n) is 6.33. The molecule has 1 saturated heterocycles. The molecule has 1 N–H and O–H groups in total. The smallest absolute Gasteiger partial charge is 0.262 e. The Kier molecular flexibility index (Phi) is 3.72. The number of nitrogens with zero attached hydrogens (tertiary/aromatic N) is 4. The SMILES string of the molecule is CC1CCN(c2nc3nccc(-c4ccccn4)c3c(=O)[nH]2)CC1. The highest BCUT2D eigenvalue weighted by molar-refractivity contribution is 5.90. The van der Waals surface area contributed by atoms with Crippen LogP contribution >= 0.6 is 0 Å². The van der Waals surface area contributed by atoms with Gasteiger partial charge in [0.25, 0.3) is 5.56 Å². The summed E-state index contributed by atoms with van der Waals surface area (Å²) >= 11 is 0. The molecule has 0 bridgehead atoms. The largest absolute Gasteiger partial charge is 0.342 e. The van der Waals surface area contributed by atoms with E-state index in [2.05, 4.69) is 31.8 Å². The molecule has 1 aliphatic rings. The van der Waals surface area contributed by atoms with Crippen molar-refractivity contribution >= 4 is 17.0 Å². The van der Waals surface area contributed by atoms with Gasteiger partial charge in [0.2, 0.25) is 5.95 Å². The van der Waals surface area contributed by atoms with Gasteiger partial charge in [0, 0.05) is 31.0 Å². The summed E-state index contributed by atoms with van der Waals surface area (Å²) in [6.07, 6.45) is 5.62. The number of pyridine rings is 2. The Labute approximate surface area is 139 Å². The molecule has 0 aliphatic carbocycles.